The molecule has 0 saturated carbocycles. The quantitative estimate of drug-likeness (QED) is 0.318. The lowest BCUT2D eigenvalue weighted by atomic mass is 10.2. The Labute approximate surface area is 199 Å². The Hall–Kier alpha value is -1.38. The van der Waals surface area contributed by atoms with Crippen molar-refractivity contribution in [1.29, 1.82) is 0 Å². The standard InChI is InChI=1S/C7H8.C6H8S.C5H6S.5C2H6/c1-7-5-3-2-4-6-7;1-5-3-4-7-6(5)2;1-5-3-2-4-6-5;5*1-2/h2-6H,1H3;3-4H,1-2H3;2-4H,1H3;5*1-2H3. The summed E-state index contributed by atoms with van der Waals surface area (Å²) in [5.74, 6) is 0. The molecule has 0 nitrogen and oxygen atoms in total. The monoisotopic (exact) mass is 452 g/mol. The zero-order valence-corrected chi connectivity index (χ0v) is 24.2. The smallest absolute Gasteiger partial charge is 0.00433 e. The van der Waals surface area contributed by atoms with Crippen LogP contribution < -0.4 is 0 Å². The molecule has 0 aliphatic rings. The molecule has 0 atom stereocenters. The summed E-state index contributed by atoms with van der Waals surface area (Å²) in [6, 6.07) is 16.6. The average molecular weight is 453 g/mol. The molecule has 3 aromatic rings. The molecule has 0 spiro atoms. The molecule has 2 heteroatoms. The van der Waals surface area contributed by atoms with E-state index in [2.05, 4.69) is 68.8 Å². The number of hydrogen-bond donors (Lipinski definition) is 0. The predicted molar refractivity (Wildman–Crippen MR) is 151 cm³/mol. The summed E-state index contributed by atoms with van der Waals surface area (Å²) in [6.45, 7) is 28.5. The molecule has 0 saturated heterocycles. The van der Waals surface area contributed by atoms with Crippen molar-refractivity contribution in [1.82, 2.24) is 0 Å². The first-order chi connectivity index (χ1) is 14.6. The van der Waals surface area contributed by atoms with Crippen LogP contribution in [0.3, 0.4) is 0 Å². The minimum Gasteiger partial charge on any atom is -0.149 e. The van der Waals surface area contributed by atoms with E-state index in [1.807, 2.05) is 87.4 Å². The number of thiophene rings is 2. The lowest BCUT2D eigenvalue weighted by Gasteiger charge is -1.82. The molecule has 0 aliphatic heterocycles. The van der Waals surface area contributed by atoms with Gasteiger partial charge in [-0.3, -0.25) is 0 Å². The van der Waals surface area contributed by atoms with Crippen molar-refractivity contribution in [3.8, 4) is 0 Å². The van der Waals surface area contributed by atoms with Crippen molar-refractivity contribution >= 4 is 22.7 Å². The van der Waals surface area contributed by atoms with Crippen LogP contribution in [0.15, 0.2) is 59.3 Å². The Morgan fingerprint density at radius 2 is 0.933 bits per heavy atom. The van der Waals surface area contributed by atoms with Gasteiger partial charge >= 0.3 is 0 Å². The normalized spacial score (nSPS) is 7.00. The number of rotatable bonds is 0. The van der Waals surface area contributed by atoms with Gasteiger partial charge in [-0.2, -0.15) is 0 Å². The van der Waals surface area contributed by atoms with Gasteiger partial charge < -0.3 is 0 Å². The molecule has 0 radical (unpaired) electrons. The first-order valence-corrected chi connectivity index (χ1v) is 13.4. The number of benzene rings is 1. The summed E-state index contributed by atoms with van der Waals surface area (Å²) in [5.41, 5.74) is 2.73. The van der Waals surface area contributed by atoms with E-state index in [1.165, 1.54) is 20.9 Å². The Bertz CT molecular complexity index is 547. The maximum Gasteiger partial charge on any atom is 0.00433 e. The van der Waals surface area contributed by atoms with Gasteiger partial charge in [0.25, 0.3) is 0 Å². The van der Waals surface area contributed by atoms with Crippen LogP contribution >= 0.6 is 22.7 Å². The van der Waals surface area contributed by atoms with Crippen molar-refractivity contribution < 1.29 is 0 Å². The van der Waals surface area contributed by atoms with Gasteiger partial charge in [-0.05, 0) is 56.2 Å². The molecule has 0 fully saturated rings. The summed E-state index contributed by atoms with van der Waals surface area (Å²) >= 11 is 3.58. The largest absolute Gasteiger partial charge is 0.149 e. The number of hydrogen-bond acceptors (Lipinski definition) is 2. The maximum atomic E-state index is 2.14. The highest BCUT2D eigenvalue weighted by molar-refractivity contribution is 7.10. The third-order valence-electron chi connectivity index (χ3n) is 2.72. The summed E-state index contributed by atoms with van der Waals surface area (Å²) in [5, 5.41) is 4.19. The second-order valence-electron chi connectivity index (χ2n) is 4.54. The second-order valence-corrected chi connectivity index (χ2v) is 6.81. The van der Waals surface area contributed by atoms with E-state index in [9.17, 15) is 0 Å². The fourth-order valence-corrected chi connectivity index (χ4v) is 2.60. The van der Waals surface area contributed by atoms with E-state index in [0.717, 1.165) is 0 Å². The van der Waals surface area contributed by atoms with Gasteiger partial charge in [0.05, 0.1) is 0 Å². The Morgan fingerprint density at radius 3 is 1.07 bits per heavy atom. The highest BCUT2D eigenvalue weighted by Crippen LogP contribution is 2.12. The molecule has 176 valence electrons. The third kappa shape index (κ3) is 31.3. The van der Waals surface area contributed by atoms with Gasteiger partial charge in [0.2, 0.25) is 0 Å². The van der Waals surface area contributed by atoms with E-state index in [-0.39, 0.29) is 0 Å². The van der Waals surface area contributed by atoms with Crippen LogP contribution in [0.5, 0.6) is 0 Å². The number of aryl methyl sites for hydroxylation is 4. The third-order valence-corrected chi connectivity index (χ3v) is 4.47. The van der Waals surface area contributed by atoms with Crippen LogP contribution in [0.2, 0.25) is 0 Å². The Balaban J connectivity index is -0.0000000864. The van der Waals surface area contributed by atoms with Crippen molar-refractivity contribution in [2.75, 3.05) is 0 Å². The summed E-state index contributed by atoms with van der Waals surface area (Å²) in [4.78, 5) is 2.81. The van der Waals surface area contributed by atoms with Crippen molar-refractivity contribution in [3.63, 3.8) is 0 Å². The van der Waals surface area contributed by atoms with Crippen LogP contribution in [-0.4, -0.2) is 0 Å². The summed E-state index contributed by atoms with van der Waals surface area (Å²) < 4.78 is 0. The molecule has 0 amide bonds. The zero-order chi connectivity index (χ0) is 24.8. The maximum absolute atomic E-state index is 2.14. The SMILES string of the molecule is CC.CC.CC.CC.CC.Cc1ccccc1.Cc1cccs1.Cc1ccsc1C. The van der Waals surface area contributed by atoms with Crippen LogP contribution in [-0.2, 0) is 0 Å². The van der Waals surface area contributed by atoms with Gasteiger partial charge in [-0.15, -0.1) is 22.7 Å². The Kier molecular flexibility index (Phi) is 49.9. The van der Waals surface area contributed by atoms with Crippen LogP contribution in [0.25, 0.3) is 0 Å². The molecule has 0 aliphatic carbocycles. The van der Waals surface area contributed by atoms with Crippen molar-refractivity contribution in [2.24, 2.45) is 0 Å². The van der Waals surface area contributed by atoms with Gasteiger partial charge in [0.15, 0.2) is 0 Å². The van der Waals surface area contributed by atoms with Gasteiger partial charge in [-0.25, -0.2) is 0 Å². The lowest BCUT2D eigenvalue weighted by molar-refractivity contribution is 1.44. The first kappa shape index (κ1) is 39.1. The topological polar surface area (TPSA) is 0 Å². The average Bonchev–Trinajstić information content (AvgIpc) is 3.47. The van der Waals surface area contributed by atoms with Crippen LogP contribution in [0, 0.1) is 27.7 Å². The zero-order valence-electron chi connectivity index (χ0n) is 22.6. The first-order valence-electron chi connectivity index (χ1n) is 11.6. The van der Waals surface area contributed by atoms with E-state index in [4.69, 9.17) is 0 Å². The minimum atomic E-state index is 1.32. The second kappa shape index (κ2) is 38.3. The molecular formula is C28H52S2. The van der Waals surface area contributed by atoms with Gasteiger partial charge in [0, 0.05) is 9.75 Å². The van der Waals surface area contributed by atoms with Crippen LogP contribution in [0.1, 0.15) is 90.1 Å². The van der Waals surface area contributed by atoms with Gasteiger partial charge in [-0.1, -0.05) is 111 Å². The molecule has 30 heavy (non-hydrogen) atoms. The van der Waals surface area contributed by atoms with Crippen LogP contribution in [0.4, 0.5) is 0 Å². The highest BCUT2D eigenvalue weighted by atomic mass is 32.1. The minimum absolute atomic E-state index is 1.32. The van der Waals surface area contributed by atoms with Gasteiger partial charge in [0.1, 0.15) is 0 Å². The molecule has 2 aromatic heterocycles. The summed E-state index contributed by atoms with van der Waals surface area (Å²) in [6.07, 6.45) is 0. The van der Waals surface area contributed by atoms with Crippen molar-refractivity contribution in [3.05, 3.63) is 80.2 Å². The van der Waals surface area contributed by atoms with E-state index < -0.39 is 0 Å². The molecule has 3 rings (SSSR count). The lowest BCUT2D eigenvalue weighted by Crippen LogP contribution is -1.62. The fourth-order valence-electron chi connectivity index (χ4n) is 1.34. The molecular weight excluding hydrogens is 400 g/mol. The fraction of sp³-hybridized carbons (Fsp3) is 0.500. The van der Waals surface area contributed by atoms with E-state index in [1.54, 1.807) is 22.7 Å². The predicted octanol–water partition coefficient (Wildman–Crippen LogP) is 11.5. The highest BCUT2D eigenvalue weighted by Gasteiger charge is 1.87. The van der Waals surface area contributed by atoms with Crippen molar-refractivity contribution in [2.45, 2.75) is 96.9 Å². The molecule has 0 unspecified atom stereocenters. The van der Waals surface area contributed by atoms with E-state index >= 15 is 0 Å². The molecule has 1 aromatic carbocycles. The Morgan fingerprint density at radius 1 is 0.467 bits per heavy atom. The molecule has 0 N–H and O–H groups in total. The molecule has 2 heterocycles. The summed E-state index contributed by atoms with van der Waals surface area (Å²) in [7, 11) is 0. The van der Waals surface area contributed by atoms with E-state index in [0.29, 0.717) is 0 Å². The molecule has 0 bridgehead atoms.